The van der Waals surface area contributed by atoms with Crippen LogP contribution in [0, 0.1) is 0 Å². The van der Waals surface area contributed by atoms with Crippen LogP contribution in [-0.4, -0.2) is 28.6 Å². The van der Waals surface area contributed by atoms with E-state index in [1.165, 1.54) is 12.1 Å². The van der Waals surface area contributed by atoms with Gasteiger partial charge >= 0.3 is 0 Å². The molecule has 0 aliphatic carbocycles. The van der Waals surface area contributed by atoms with Crippen molar-refractivity contribution >= 4 is 23.2 Å². The van der Waals surface area contributed by atoms with Crippen LogP contribution in [0.25, 0.3) is 0 Å². The number of rotatable bonds is 3. The first-order chi connectivity index (χ1) is 10.6. The second kappa shape index (κ2) is 5.80. The highest BCUT2D eigenvalue weighted by Gasteiger charge is 2.21. The van der Waals surface area contributed by atoms with Crippen LogP contribution in [0.1, 0.15) is 23.3 Å². The number of nitrogens with zero attached hydrogens (tertiary/aromatic N) is 2. The highest BCUT2D eigenvalue weighted by Crippen LogP contribution is 2.23. The first kappa shape index (κ1) is 14.0. The maximum absolute atomic E-state index is 12.0. The molecular weight excluding hydrogens is 284 g/mol. The average Bonchev–Trinajstić information content (AvgIpc) is 2.95. The molecule has 112 valence electrons. The number of nitrogens with one attached hydrogen (secondary N) is 2. The van der Waals surface area contributed by atoms with Gasteiger partial charge < -0.3 is 10.2 Å². The number of benzene rings is 1. The molecule has 3 rings (SSSR count). The van der Waals surface area contributed by atoms with Gasteiger partial charge in [-0.3, -0.25) is 14.4 Å². The fourth-order valence-corrected chi connectivity index (χ4v) is 2.31. The minimum absolute atomic E-state index is 0.120. The van der Waals surface area contributed by atoms with Gasteiger partial charge in [-0.1, -0.05) is 0 Å². The Morgan fingerprint density at radius 1 is 1.14 bits per heavy atom. The van der Waals surface area contributed by atoms with Gasteiger partial charge in [0, 0.05) is 30.4 Å². The molecular formula is C15H14N4O3. The van der Waals surface area contributed by atoms with Crippen molar-refractivity contribution in [2.24, 2.45) is 0 Å². The molecule has 22 heavy (non-hydrogen) atoms. The Bertz CT molecular complexity index is 747. The smallest absolute Gasteiger partial charge is 0.276 e. The molecule has 2 heterocycles. The number of amides is 2. The van der Waals surface area contributed by atoms with E-state index in [1.807, 2.05) is 0 Å². The summed E-state index contributed by atoms with van der Waals surface area (Å²) in [7, 11) is 0. The Kier molecular flexibility index (Phi) is 3.69. The molecule has 2 amide bonds. The maximum atomic E-state index is 12.0. The summed E-state index contributed by atoms with van der Waals surface area (Å²) in [6.45, 7) is 0.728. The minimum Gasteiger partial charge on any atom is -0.321 e. The summed E-state index contributed by atoms with van der Waals surface area (Å²) >= 11 is 0. The summed E-state index contributed by atoms with van der Waals surface area (Å²) in [5.41, 5.74) is 1.17. The average molecular weight is 298 g/mol. The summed E-state index contributed by atoms with van der Waals surface area (Å²) in [6, 6.07) is 9.63. The highest BCUT2D eigenvalue weighted by atomic mass is 16.2. The second-order valence-electron chi connectivity index (χ2n) is 4.96. The Hall–Kier alpha value is -2.96. The zero-order valence-corrected chi connectivity index (χ0v) is 11.7. The molecule has 1 aromatic carbocycles. The number of aromatic amines is 1. The van der Waals surface area contributed by atoms with Gasteiger partial charge in [0.25, 0.3) is 11.5 Å². The lowest BCUT2D eigenvalue weighted by Gasteiger charge is -2.16. The van der Waals surface area contributed by atoms with Crippen LogP contribution in [0.2, 0.25) is 0 Å². The highest BCUT2D eigenvalue weighted by molar-refractivity contribution is 6.03. The van der Waals surface area contributed by atoms with Crippen molar-refractivity contribution in [3.05, 3.63) is 52.4 Å². The van der Waals surface area contributed by atoms with Gasteiger partial charge in [0.05, 0.1) is 0 Å². The molecule has 0 bridgehead atoms. The van der Waals surface area contributed by atoms with Crippen molar-refractivity contribution in [3.63, 3.8) is 0 Å². The topological polar surface area (TPSA) is 95.2 Å². The summed E-state index contributed by atoms with van der Waals surface area (Å²) in [4.78, 5) is 36.3. The van der Waals surface area contributed by atoms with Crippen LogP contribution >= 0.6 is 0 Å². The molecule has 7 heteroatoms. The Morgan fingerprint density at radius 2 is 1.91 bits per heavy atom. The third-order valence-electron chi connectivity index (χ3n) is 3.42. The fourth-order valence-electron chi connectivity index (χ4n) is 2.31. The summed E-state index contributed by atoms with van der Waals surface area (Å²) in [5.74, 6) is -0.296. The van der Waals surface area contributed by atoms with Crippen LogP contribution in [0.3, 0.4) is 0 Å². The van der Waals surface area contributed by atoms with E-state index in [2.05, 4.69) is 15.5 Å². The number of carbonyl (C=O) groups is 2. The number of carbonyl (C=O) groups excluding carboxylic acids is 2. The number of anilines is 2. The lowest BCUT2D eigenvalue weighted by atomic mass is 10.2. The lowest BCUT2D eigenvalue weighted by Crippen LogP contribution is -2.23. The molecule has 7 nitrogen and oxygen atoms in total. The van der Waals surface area contributed by atoms with Gasteiger partial charge in [-0.25, -0.2) is 5.10 Å². The monoisotopic (exact) mass is 298 g/mol. The molecule has 1 fully saturated rings. The number of hydrogen-bond donors (Lipinski definition) is 2. The van der Waals surface area contributed by atoms with Crippen molar-refractivity contribution in [3.8, 4) is 0 Å². The molecule has 0 atom stereocenters. The van der Waals surface area contributed by atoms with Crippen molar-refractivity contribution in [1.29, 1.82) is 0 Å². The van der Waals surface area contributed by atoms with Gasteiger partial charge in [-0.15, -0.1) is 0 Å². The van der Waals surface area contributed by atoms with E-state index < -0.39 is 5.91 Å². The molecule has 0 saturated carbocycles. The third-order valence-corrected chi connectivity index (χ3v) is 3.42. The van der Waals surface area contributed by atoms with Crippen LogP contribution < -0.4 is 15.8 Å². The molecule has 1 aliphatic heterocycles. The largest absolute Gasteiger partial charge is 0.321 e. The standard InChI is InChI=1S/C15H14N4O3/c20-13-8-7-12(17-18-13)15(22)16-10-3-5-11(6-4-10)19-9-1-2-14(19)21/h3-8H,1-2,9H2,(H,16,22)(H,18,20). The Balaban J connectivity index is 1.70. The predicted octanol–water partition coefficient (Wildman–Crippen LogP) is 1.15. The third kappa shape index (κ3) is 2.88. The molecule has 1 aliphatic rings. The first-order valence-electron chi connectivity index (χ1n) is 6.91. The number of aromatic nitrogens is 2. The van der Waals surface area contributed by atoms with Gasteiger partial charge in [0.15, 0.2) is 0 Å². The van der Waals surface area contributed by atoms with Crippen molar-refractivity contribution in [2.45, 2.75) is 12.8 Å². The van der Waals surface area contributed by atoms with Crippen LogP contribution in [0.15, 0.2) is 41.2 Å². The van der Waals surface area contributed by atoms with Crippen molar-refractivity contribution in [1.82, 2.24) is 10.2 Å². The molecule has 0 unspecified atom stereocenters. The molecule has 1 saturated heterocycles. The quantitative estimate of drug-likeness (QED) is 0.888. The summed E-state index contributed by atoms with van der Waals surface area (Å²) < 4.78 is 0. The molecule has 2 N–H and O–H groups in total. The normalized spacial score (nSPS) is 14.2. The predicted molar refractivity (Wildman–Crippen MR) is 80.8 cm³/mol. The van der Waals surface area contributed by atoms with Gasteiger partial charge in [-0.05, 0) is 36.8 Å². The number of hydrogen-bond acceptors (Lipinski definition) is 4. The molecule has 0 radical (unpaired) electrons. The molecule has 1 aromatic heterocycles. The summed E-state index contributed by atoms with van der Waals surface area (Å²) in [6.07, 6.45) is 1.45. The van der Waals surface area contributed by atoms with E-state index in [0.717, 1.165) is 18.7 Å². The van der Waals surface area contributed by atoms with E-state index in [1.54, 1.807) is 29.2 Å². The van der Waals surface area contributed by atoms with Crippen molar-refractivity contribution in [2.75, 3.05) is 16.8 Å². The van der Waals surface area contributed by atoms with E-state index >= 15 is 0 Å². The van der Waals surface area contributed by atoms with Gasteiger partial charge in [-0.2, -0.15) is 5.10 Å². The number of H-pyrrole nitrogens is 1. The summed E-state index contributed by atoms with van der Waals surface area (Å²) in [5, 5.41) is 8.55. The minimum atomic E-state index is -0.416. The van der Waals surface area contributed by atoms with Crippen LogP contribution in [0.5, 0.6) is 0 Å². The van der Waals surface area contributed by atoms with Gasteiger partial charge in [0.2, 0.25) is 5.91 Å². The lowest BCUT2D eigenvalue weighted by molar-refractivity contribution is -0.117. The van der Waals surface area contributed by atoms with Crippen LogP contribution in [0.4, 0.5) is 11.4 Å². The van der Waals surface area contributed by atoms with E-state index in [4.69, 9.17) is 0 Å². The van der Waals surface area contributed by atoms with E-state index in [0.29, 0.717) is 12.1 Å². The SMILES string of the molecule is O=C(Nc1ccc(N2CCCC2=O)cc1)c1ccc(=O)[nH]n1. The first-order valence-corrected chi connectivity index (χ1v) is 6.91. The second-order valence-corrected chi connectivity index (χ2v) is 4.96. The van der Waals surface area contributed by atoms with Crippen LogP contribution in [-0.2, 0) is 4.79 Å². The molecule has 0 spiro atoms. The maximum Gasteiger partial charge on any atom is 0.276 e. The Morgan fingerprint density at radius 3 is 2.50 bits per heavy atom. The van der Waals surface area contributed by atoms with Crippen molar-refractivity contribution < 1.29 is 9.59 Å². The van der Waals surface area contributed by atoms with E-state index in [9.17, 15) is 14.4 Å². The zero-order valence-electron chi connectivity index (χ0n) is 11.7. The van der Waals surface area contributed by atoms with E-state index in [-0.39, 0.29) is 17.2 Å². The fraction of sp³-hybridized carbons (Fsp3) is 0.200. The molecule has 2 aromatic rings. The Labute approximate surface area is 126 Å². The zero-order chi connectivity index (χ0) is 15.5. The van der Waals surface area contributed by atoms with Gasteiger partial charge in [0.1, 0.15) is 5.69 Å².